The first-order chi connectivity index (χ1) is 15.3. The number of hydrogen-bond acceptors (Lipinski definition) is 4. The summed E-state index contributed by atoms with van der Waals surface area (Å²) in [6, 6.07) is 16.7. The third kappa shape index (κ3) is 4.80. The highest BCUT2D eigenvalue weighted by Crippen LogP contribution is 2.41. The summed E-state index contributed by atoms with van der Waals surface area (Å²) >= 11 is 0. The molecule has 2 N–H and O–H groups in total. The van der Waals surface area contributed by atoms with Gasteiger partial charge in [-0.25, -0.2) is 0 Å². The number of alkyl halides is 3. The minimum Gasteiger partial charge on any atom is -0.457 e. The summed E-state index contributed by atoms with van der Waals surface area (Å²) < 4.78 is 52.5. The Bertz CT molecular complexity index is 1280. The van der Waals surface area contributed by atoms with E-state index >= 15 is 0 Å². The smallest absolute Gasteiger partial charge is 0.420 e. The number of halogens is 3. The largest absolute Gasteiger partial charge is 0.457 e. The number of benzene rings is 3. The predicted octanol–water partition coefficient (Wildman–Crippen LogP) is 5.87. The molecule has 1 amide bonds. The molecule has 0 spiro atoms. The number of nitrogens with zero attached hydrogens (tertiary/aromatic N) is 1. The van der Waals surface area contributed by atoms with Crippen LogP contribution < -0.4 is 15.2 Å². The van der Waals surface area contributed by atoms with Crippen molar-refractivity contribution >= 4 is 16.7 Å². The lowest BCUT2D eigenvalue weighted by molar-refractivity contribution is -0.138. The van der Waals surface area contributed by atoms with E-state index in [9.17, 15) is 18.0 Å². The van der Waals surface area contributed by atoms with Crippen molar-refractivity contribution in [1.29, 1.82) is 0 Å². The molecule has 0 unspecified atom stereocenters. The molecule has 162 valence electrons. The number of primary amides is 1. The molecule has 0 bridgehead atoms. The van der Waals surface area contributed by atoms with Gasteiger partial charge in [0.05, 0.1) is 6.42 Å². The number of pyridine rings is 1. The molecule has 8 heteroatoms. The molecule has 32 heavy (non-hydrogen) atoms. The van der Waals surface area contributed by atoms with Crippen LogP contribution in [0, 0.1) is 0 Å². The zero-order valence-corrected chi connectivity index (χ0v) is 16.6. The molecule has 5 nitrogen and oxygen atoms in total. The summed E-state index contributed by atoms with van der Waals surface area (Å²) in [6.45, 7) is 0. The van der Waals surface area contributed by atoms with E-state index in [1.807, 2.05) is 6.07 Å². The Morgan fingerprint density at radius 1 is 0.906 bits per heavy atom. The first-order valence-corrected chi connectivity index (χ1v) is 9.56. The molecule has 0 aliphatic rings. The number of carbonyl (C=O) groups excluding carboxylic acids is 1. The topological polar surface area (TPSA) is 74.4 Å². The molecule has 0 atom stereocenters. The molecule has 1 heterocycles. The fourth-order valence-corrected chi connectivity index (χ4v) is 3.23. The van der Waals surface area contributed by atoms with E-state index < -0.39 is 17.6 Å². The monoisotopic (exact) mass is 438 g/mol. The van der Waals surface area contributed by atoms with Gasteiger partial charge in [0.15, 0.2) is 0 Å². The van der Waals surface area contributed by atoms with E-state index in [0.29, 0.717) is 16.7 Å². The Balaban J connectivity index is 1.66. The van der Waals surface area contributed by atoms with Crippen molar-refractivity contribution in [2.24, 2.45) is 5.73 Å². The van der Waals surface area contributed by atoms with E-state index in [4.69, 9.17) is 15.2 Å². The average molecular weight is 438 g/mol. The van der Waals surface area contributed by atoms with Crippen LogP contribution in [-0.2, 0) is 17.4 Å². The van der Waals surface area contributed by atoms with Crippen molar-refractivity contribution < 1.29 is 27.4 Å². The lowest BCUT2D eigenvalue weighted by atomic mass is 10.1. The number of amides is 1. The van der Waals surface area contributed by atoms with Gasteiger partial charge in [-0.1, -0.05) is 24.3 Å². The van der Waals surface area contributed by atoms with E-state index in [1.54, 1.807) is 42.7 Å². The number of hydrogen-bond donors (Lipinski definition) is 1. The van der Waals surface area contributed by atoms with Crippen LogP contribution in [0.3, 0.4) is 0 Å². The second kappa shape index (κ2) is 8.58. The van der Waals surface area contributed by atoms with Crippen LogP contribution >= 0.6 is 0 Å². The van der Waals surface area contributed by atoms with Crippen LogP contribution in [0.25, 0.3) is 10.8 Å². The Labute approximate surface area is 181 Å². The minimum absolute atomic E-state index is 0.00325. The van der Waals surface area contributed by atoms with Gasteiger partial charge in [0.1, 0.15) is 28.6 Å². The molecule has 1 aromatic heterocycles. The maximum Gasteiger partial charge on any atom is 0.420 e. The molecule has 0 fully saturated rings. The highest BCUT2D eigenvalue weighted by atomic mass is 19.4. The van der Waals surface area contributed by atoms with Crippen LogP contribution in [0.4, 0.5) is 13.2 Å². The van der Waals surface area contributed by atoms with E-state index in [2.05, 4.69) is 4.98 Å². The zero-order chi connectivity index (χ0) is 22.7. The maximum atomic E-state index is 13.8. The summed E-state index contributed by atoms with van der Waals surface area (Å²) in [7, 11) is 0. The lowest BCUT2D eigenvalue weighted by Crippen LogP contribution is -2.13. The molecule has 0 saturated heterocycles. The predicted molar refractivity (Wildman–Crippen MR) is 113 cm³/mol. The average Bonchev–Trinajstić information content (AvgIpc) is 2.74. The zero-order valence-electron chi connectivity index (χ0n) is 16.6. The molecular weight excluding hydrogens is 421 g/mol. The summed E-state index contributed by atoms with van der Waals surface area (Å²) in [6.07, 6.45) is -1.51. The standard InChI is InChI=1S/C24H17F3N2O3/c25-24(26,27)20-13-18(31-21-6-2-4-16-9-10-29-14-19(16)21)7-8-22(20)32-17-5-1-3-15(11-17)12-23(28)30/h1-11,13-14H,12H2,(H2,28,30). The maximum absolute atomic E-state index is 13.8. The summed E-state index contributed by atoms with van der Waals surface area (Å²) in [5, 5.41) is 1.53. The van der Waals surface area contributed by atoms with Crippen LogP contribution in [0.1, 0.15) is 11.1 Å². The van der Waals surface area contributed by atoms with E-state index in [1.165, 1.54) is 24.3 Å². The fourth-order valence-electron chi connectivity index (χ4n) is 3.23. The number of ether oxygens (including phenoxy) is 2. The first kappa shape index (κ1) is 21.2. The second-order valence-electron chi connectivity index (χ2n) is 7.00. The molecule has 3 aromatic carbocycles. The Morgan fingerprint density at radius 3 is 2.44 bits per heavy atom. The third-order valence-electron chi connectivity index (χ3n) is 4.63. The number of fused-ring (bicyclic) bond motifs is 1. The first-order valence-electron chi connectivity index (χ1n) is 9.56. The van der Waals surface area contributed by atoms with Gasteiger partial charge in [0.2, 0.25) is 5.91 Å². The normalized spacial score (nSPS) is 11.3. The Morgan fingerprint density at radius 2 is 1.66 bits per heavy atom. The Kier molecular flexibility index (Phi) is 5.68. The fraction of sp³-hybridized carbons (Fsp3) is 0.0833. The van der Waals surface area contributed by atoms with Crippen molar-refractivity contribution in [3.8, 4) is 23.0 Å². The van der Waals surface area contributed by atoms with Gasteiger partial charge in [-0.15, -0.1) is 0 Å². The number of nitrogens with two attached hydrogens (primary N) is 1. The molecule has 4 rings (SSSR count). The van der Waals surface area contributed by atoms with Crippen LogP contribution in [0.15, 0.2) is 79.1 Å². The van der Waals surface area contributed by atoms with Gasteiger partial charge in [0, 0.05) is 17.8 Å². The van der Waals surface area contributed by atoms with E-state index in [-0.39, 0.29) is 23.7 Å². The summed E-state index contributed by atoms with van der Waals surface area (Å²) in [5.41, 5.74) is 4.72. The van der Waals surface area contributed by atoms with Crippen molar-refractivity contribution in [3.63, 3.8) is 0 Å². The van der Waals surface area contributed by atoms with Gasteiger partial charge >= 0.3 is 6.18 Å². The highest BCUT2D eigenvalue weighted by Gasteiger charge is 2.35. The minimum atomic E-state index is -4.68. The quantitative estimate of drug-likeness (QED) is 0.409. The molecule has 0 aliphatic carbocycles. The highest BCUT2D eigenvalue weighted by molar-refractivity contribution is 5.87. The number of aromatic nitrogens is 1. The molecular formula is C24H17F3N2O3. The van der Waals surface area contributed by atoms with Crippen LogP contribution in [0.2, 0.25) is 0 Å². The molecule has 0 aliphatic heterocycles. The number of carbonyl (C=O) groups is 1. The van der Waals surface area contributed by atoms with Crippen LogP contribution in [-0.4, -0.2) is 10.9 Å². The molecule has 0 saturated carbocycles. The second-order valence-corrected chi connectivity index (χ2v) is 7.00. The van der Waals surface area contributed by atoms with Crippen molar-refractivity contribution in [2.75, 3.05) is 0 Å². The SMILES string of the molecule is NC(=O)Cc1cccc(Oc2ccc(Oc3cccc4ccncc34)cc2C(F)(F)F)c1. The van der Waals surface area contributed by atoms with Gasteiger partial charge in [-0.3, -0.25) is 9.78 Å². The van der Waals surface area contributed by atoms with Gasteiger partial charge in [0.25, 0.3) is 0 Å². The van der Waals surface area contributed by atoms with Crippen molar-refractivity contribution in [2.45, 2.75) is 12.6 Å². The van der Waals surface area contributed by atoms with Crippen molar-refractivity contribution in [3.05, 3.63) is 90.3 Å². The summed E-state index contributed by atoms with van der Waals surface area (Å²) in [5.74, 6) is -0.396. The van der Waals surface area contributed by atoms with Gasteiger partial charge < -0.3 is 15.2 Å². The molecule has 0 radical (unpaired) electrons. The molecule has 4 aromatic rings. The summed E-state index contributed by atoms with van der Waals surface area (Å²) in [4.78, 5) is 15.2. The van der Waals surface area contributed by atoms with E-state index in [0.717, 1.165) is 11.5 Å². The lowest BCUT2D eigenvalue weighted by Gasteiger charge is -2.16. The number of rotatable bonds is 6. The van der Waals surface area contributed by atoms with Crippen molar-refractivity contribution in [1.82, 2.24) is 4.98 Å². The van der Waals surface area contributed by atoms with Gasteiger partial charge in [-0.05, 0) is 53.4 Å². The Hall–Kier alpha value is -4.07. The third-order valence-corrected chi connectivity index (χ3v) is 4.63. The van der Waals surface area contributed by atoms with Gasteiger partial charge in [-0.2, -0.15) is 13.2 Å². The van der Waals surface area contributed by atoms with Crippen LogP contribution in [0.5, 0.6) is 23.0 Å².